The van der Waals surface area contributed by atoms with E-state index in [1.54, 1.807) is 12.1 Å². The van der Waals surface area contributed by atoms with Gasteiger partial charge in [0.1, 0.15) is 0 Å². The molecule has 0 unspecified atom stereocenters. The van der Waals surface area contributed by atoms with Crippen molar-refractivity contribution in [2.75, 3.05) is 37.7 Å². The second-order valence-electron chi connectivity index (χ2n) is 4.88. The molecule has 1 saturated heterocycles. The zero-order valence-electron chi connectivity index (χ0n) is 11.7. The first kappa shape index (κ1) is 17.7. The summed E-state index contributed by atoms with van der Waals surface area (Å²) in [7, 11) is -3.49. The van der Waals surface area contributed by atoms with Crippen molar-refractivity contribution >= 4 is 53.6 Å². The van der Waals surface area contributed by atoms with E-state index in [-0.39, 0.29) is 4.90 Å². The summed E-state index contributed by atoms with van der Waals surface area (Å²) in [6.07, 6.45) is 0. The van der Waals surface area contributed by atoms with Gasteiger partial charge in [-0.2, -0.15) is 11.8 Å². The topological polar surface area (TPSA) is 49.4 Å². The van der Waals surface area contributed by atoms with Crippen LogP contribution in [0, 0.1) is 6.92 Å². The lowest BCUT2D eigenvalue weighted by Gasteiger charge is -2.26. The van der Waals surface area contributed by atoms with Gasteiger partial charge in [0.05, 0.1) is 4.90 Å². The molecule has 0 bridgehead atoms. The van der Waals surface area contributed by atoms with Crippen molar-refractivity contribution in [2.24, 2.45) is 0 Å². The average Bonchev–Trinajstić information content (AvgIpc) is 2.43. The van der Waals surface area contributed by atoms with Crippen molar-refractivity contribution in [3.8, 4) is 0 Å². The first-order valence-electron chi connectivity index (χ1n) is 6.65. The van der Waals surface area contributed by atoms with Gasteiger partial charge in [-0.1, -0.05) is 15.9 Å². The largest absolute Gasteiger partial charge is 0.300 e. The Morgan fingerprint density at radius 3 is 2.57 bits per heavy atom. The summed E-state index contributed by atoms with van der Waals surface area (Å²) in [6, 6.07) is 3.44. The van der Waals surface area contributed by atoms with Gasteiger partial charge in [-0.15, -0.1) is 0 Å². The standard InChI is InChI=1S/C13H18Br2N2O2S2/c1-10-8-12(15)13(9-11(10)14)21(18,19)16-2-3-17-4-6-20-7-5-17/h8-9,16H,2-7H2,1H3. The molecule has 1 aromatic carbocycles. The lowest BCUT2D eigenvalue weighted by Crippen LogP contribution is -2.39. The molecule has 0 amide bonds. The van der Waals surface area contributed by atoms with Gasteiger partial charge in [0, 0.05) is 46.6 Å². The van der Waals surface area contributed by atoms with Crippen molar-refractivity contribution in [1.29, 1.82) is 0 Å². The number of thioether (sulfide) groups is 1. The molecule has 21 heavy (non-hydrogen) atoms. The van der Waals surface area contributed by atoms with Crippen LogP contribution in [-0.4, -0.2) is 51.0 Å². The molecule has 0 aliphatic carbocycles. The van der Waals surface area contributed by atoms with E-state index in [4.69, 9.17) is 0 Å². The van der Waals surface area contributed by atoms with Gasteiger partial charge in [0.2, 0.25) is 10.0 Å². The van der Waals surface area contributed by atoms with Crippen molar-refractivity contribution < 1.29 is 8.42 Å². The van der Waals surface area contributed by atoms with Gasteiger partial charge in [0.25, 0.3) is 0 Å². The fourth-order valence-corrected chi connectivity index (χ4v) is 5.75. The molecule has 8 heteroatoms. The molecule has 0 atom stereocenters. The van der Waals surface area contributed by atoms with Crippen molar-refractivity contribution in [3.05, 3.63) is 26.6 Å². The maximum absolute atomic E-state index is 12.4. The summed E-state index contributed by atoms with van der Waals surface area (Å²) in [6.45, 7) is 5.18. The van der Waals surface area contributed by atoms with Crippen LogP contribution < -0.4 is 4.72 Å². The second-order valence-corrected chi connectivity index (χ2v) is 9.55. The number of sulfonamides is 1. The number of hydrogen-bond acceptors (Lipinski definition) is 4. The first-order chi connectivity index (χ1) is 9.90. The number of aryl methyl sites for hydroxylation is 1. The van der Waals surface area contributed by atoms with Gasteiger partial charge >= 0.3 is 0 Å². The number of nitrogens with zero attached hydrogens (tertiary/aromatic N) is 1. The maximum atomic E-state index is 12.4. The molecular formula is C13H18Br2N2O2S2. The number of nitrogens with one attached hydrogen (secondary N) is 1. The molecule has 1 heterocycles. The Labute approximate surface area is 147 Å². The Balaban J connectivity index is 1.99. The molecule has 4 nitrogen and oxygen atoms in total. The Bertz CT molecular complexity index is 602. The predicted molar refractivity (Wildman–Crippen MR) is 95.5 cm³/mol. The van der Waals surface area contributed by atoms with Crippen LogP contribution in [-0.2, 0) is 10.0 Å². The van der Waals surface area contributed by atoms with Crippen LogP contribution in [0.1, 0.15) is 5.56 Å². The van der Waals surface area contributed by atoms with E-state index in [0.717, 1.165) is 41.2 Å². The van der Waals surface area contributed by atoms with E-state index in [1.165, 1.54) is 0 Å². The molecule has 0 radical (unpaired) electrons. The number of hydrogen-bond donors (Lipinski definition) is 1. The van der Waals surface area contributed by atoms with Gasteiger partial charge in [0.15, 0.2) is 0 Å². The first-order valence-corrected chi connectivity index (χ1v) is 10.9. The molecule has 118 valence electrons. The molecule has 2 rings (SSSR count). The minimum atomic E-state index is -3.49. The summed E-state index contributed by atoms with van der Waals surface area (Å²) in [4.78, 5) is 2.56. The smallest absolute Gasteiger partial charge is 0.241 e. The molecule has 1 aliphatic rings. The molecule has 1 fully saturated rings. The molecule has 1 aromatic rings. The highest BCUT2D eigenvalue weighted by Crippen LogP contribution is 2.28. The molecule has 1 aliphatic heterocycles. The Kier molecular flexibility index (Phi) is 6.58. The molecule has 1 N–H and O–H groups in total. The summed E-state index contributed by atoms with van der Waals surface area (Å²) >= 11 is 8.66. The predicted octanol–water partition coefficient (Wildman–Crippen LogP) is 2.85. The summed E-state index contributed by atoms with van der Waals surface area (Å²) in [5, 5.41) is 0. The molecule has 0 spiro atoms. The summed E-state index contributed by atoms with van der Waals surface area (Å²) in [5.74, 6) is 2.26. The van der Waals surface area contributed by atoms with Crippen LogP contribution in [0.25, 0.3) is 0 Å². The Hall–Kier alpha value is 0.400. The highest BCUT2D eigenvalue weighted by Gasteiger charge is 2.19. The quantitative estimate of drug-likeness (QED) is 0.738. The third-order valence-corrected chi connectivity index (χ3v) is 7.54. The highest BCUT2D eigenvalue weighted by atomic mass is 79.9. The van der Waals surface area contributed by atoms with Gasteiger partial charge < -0.3 is 4.90 Å². The van der Waals surface area contributed by atoms with E-state index in [1.807, 2.05) is 18.7 Å². The van der Waals surface area contributed by atoms with E-state index in [0.29, 0.717) is 11.0 Å². The van der Waals surface area contributed by atoms with Crippen LogP contribution in [0.3, 0.4) is 0 Å². The van der Waals surface area contributed by atoms with Crippen LogP contribution in [0.15, 0.2) is 26.0 Å². The number of rotatable bonds is 5. The van der Waals surface area contributed by atoms with Crippen molar-refractivity contribution in [3.63, 3.8) is 0 Å². The van der Waals surface area contributed by atoms with Crippen LogP contribution in [0.5, 0.6) is 0 Å². The van der Waals surface area contributed by atoms with Gasteiger partial charge in [-0.05, 0) is 40.5 Å². The number of halogens is 2. The van der Waals surface area contributed by atoms with E-state index >= 15 is 0 Å². The fraction of sp³-hybridized carbons (Fsp3) is 0.538. The summed E-state index contributed by atoms with van der Waals surface area (Å²) in [5.41, 5.74) is 0.992. The second kappa shape index (κ2) is 7.79. The monoisotopic (exact) mass is 456 g/mol. The Morgan fingerprint density at radius 1 is 1.24 bits per heavy atom. The van der Waals surface area contributed by atoms with E-state index < -0.39 is 10.0 Å². The molecule has 0 saturated carbocycles. The highest BCUT2D eigenvalue weighted by molar-refractivity contribution is 9.11. The average molecular weight is 458 g/mol. The van der Waals surface area contributed by atoms with Crippen LogP contribution >= 0.6 is 43.6 Å². The van der Waals surface area contributed by atoms with E-state index in [9.17, 15) is 8.42 Å². The third-order valence-electron chi connectivity index (χ3n) is 3.33. The third kappa shape index (κ3) is 4.94. The molecule has 0 aromatic heterocycles. The zero-order chi connectivity index (χ0) is 15.5. The van der Waals surface area contributed by atoms with Gasteiger partial charge in [-0.25, -0.2) is 13.1 Å². The minimum Gasteiger partial charge on any atom is -0.300 e. The van der Waals surface area contributed by atoms with Crippen molar-refractivity contribution in [1.82, 2.24) is 9.62 Å². The molecular weight excluding hydrogens is 440 g/mol. The maximum Gasteiger partial charge on any atom is 0.241 e. The SMILES string of the molecule is Cc1cc(Br)c(S(=O)(=O)NCCN2CCSCC2)cc1Br. The minimum absolute atomic E-state index is 0.272. The zero-order valence-corrected chi connectivity index (χ0v) is 16.5. The number of benzene rings is 1. The lowest BCUT2D eigenvalue weighted by atomic mass is 10.2. The van der Waals surface area contributed by atoms with E-state index in [2.05, 4.69) is 41.5 Å². The van der Waals surface area contributed by atoms with Crippen LogP contribution in [0.2, 0.25) is 0 Å². The lowest BCUT2D eigenvalue weighted by molar-refractivity contribution is 0.307. The van der Waals surface area contributed by atoms with Gasteiger partial charge in [-0.3, -0.25) is 0 Å². The summed E-state index contributed by atoms with van der Waals surface area (Å²) < 4.78 is 28.8. The normalized spacial score (nSPS) is 17.1. The van der Waals surface area contributed by atoms with Crippen LogP contribution in [0.4, 0.5) is 0 Å². The fourth-order valence-electron chi connectivity index (χ4n) is 2.07. The Morgan fingerprint density at radius 2 is 1.90 bits per heavy atom. The van der Waals surface area contributed by atoms with Crippen molar-refractivity contribution in [2.45, 2.75) is 11.8 Å².